The van der Waals surface area contributed by atoms with Gasteiger partial charge in [-0.25, -0.2) is 4.79 Å². The molecule has 0 spiro atoms. The largest absolute Gasteiger partial charge is 0.493 e. The monoisotopic (exact) mass is 483 g/mol. The first-order valence-electron chi connectivity index (χ1n) is 11.7. The zero-order chi connectivity index (χ0) is 25.4. The molecule has 2 aromatic rings. The van der Waals surface area contributed by atoms with Crippen LogP contribution in [0.2, 0.25) is 0 Å². The molecule has 0 unspecified atom stereocenters. The van der Waals surface area contributed by atoms with Crippen molar-refractivity contribution in [1.29, 1.82) is 0 Å². The van der Waals surface area contributed by atoms with Crippen molar-refractivity contribution in [3.05, 3.63) is 53.1 Å². The number of carbonyl (C=O) groups is 3. The molecule has 9 nitrogen and oxygen atoms in total. The van der Waals surface area contributed by atoms with Crippen molar-refractivity contribution in [1.82, 2.24) is 9.80 Å². The maximum absolute atomic E-state index is 12.5. The van der Waals surface area contributed by atoms with E-state index >= 15 is 0 Å². The Bertz CT molecular complexity index is 1040. The Kier molecular flexibility index (Phi) is 9.08. The number of ether oxygens (including phenoxy) is 3. The molecule has 0 aliphatic carbocycles. The van der Waals surface area contributed by atoms with Crippen LogP contribution in [0.3, 0.4) is 0 Å². The van der Waals surface area contributed by atoms with E-state index in [4.69, 9.17) is 14.2 Å². The molecule has 0 aromatic heterocycles. The van der Waals surface area contributed by atoms with Crippen LogP contribution in [0.5, 0.6) is 11.5 Å². The quantitative estimate of drug-likeness (QED) is 0.548. The Balaban J connectivity index is 1.44. The van der Waals surface area contributed by atoms with Crippen LogP contribution >= 0.6 is 0 Å². The maximum Gasteiger partial charge on any atom is 0.338 e. The molecule has 2 aromatic carbocycles. The summed E-state index contributed by atoms with van der Waals surface area (Å²) in [5, 5.41) is 2.99. The van der Waals surface area contributed by atoms with Crippen LogP contribution < -0.4 is 14.8 Å². The first-order valence-corrected chi connectivity index (χ1v) is 11.7. The van der Waals surface area contributed by atoms with Crippen molar-refractivity contribution >= 4 is 23.5 Å². The second-order valence-corrected chi connectivity index (χ2v) is 8.35. The van der Waals surface area contributed by atoms with Crippen LogP contribution in [0.1, 0.15) is 28.4 Å². The molecule has 188 valence electrons. The van der Waals surface area contributed by atoms with Crippen molar-refractivity contribution in [3.63, 3.8) is 0 Å². The Labute approximate surface area is 205 Å². The lowest BCUT2D eigenvalue weighted by molar-refractivity contribution is -0.136. The summed E-state index contributed by atoms with van der Waals surface area (Å²) in [5.41, 5.74) is 3.16. The topological polar surface area (TPSA) is 97.4 Å². The SMILES string of the molecule is CCOc1ccc(C(=O)OCC(=O)N2CCN(CC(=O)Nc3c(C)cccc3C)CC2)cc1OC. The predicted molar refractivity (Wildman–Crippen MR) is 132 cm³/mol. The van der Waals surface area contributed by atoms with Gasteiger partial charge in [0.1, 0.15) is 0 Å². The van der Waals surface area contributed by atoms with Gasteiger partial charge in [-0.15, -0.1) is 0 Å². The van der Waals surface area contributed by atoms with Crippen LogP contribution in [-0.2, 0) is 14.3 Å². The van der Waals surface area contributed by atoms with Gasteiger partial charge >= 0.3 is 5.97 Å². The number of benzene rings is 2. The molecule has 0 radical (unpaired) electrons. The smallest absolute Gasteiger partial charge is 0.338 e. The fourth-order valence-electron chi connectivity index (χ4n) is 3.92. The van der Waals surface area contributed by atoms with E-state index in [0.29, 0.717) is 44.3 Å². The van der Waals surface area contributed by atoms with E-state index in [9.17, 15) is 14.4 Å². The number of methoxy groups -OCH3 is 1. The second-order valence-electron chi connectivity index (χ2n) is 8.35. The van der Waals surface area contributed by atoms with Gasteiger partial charge in [0.05, 0.1) is 25.8 Å². The highest BCUT2D eigenvalue weighted by Crippen LogP contribution is 2.28. The Hall–Kier alpha value is -3.59. The summed E-state index contributed by atoms with van der Waals surface area (Å²) in [4.78, 5) is 41.1. The van der Waals surface area contributed by atoms with Gasteiger partial charge in [0.25, 0.3) is 5.91 Å². The molecule has 9 heteroatoms. The summed E-state index contributed by atoms with van der Waals surface area (Å²) >= 11 is 0. The van der Waals surface area contributed by atoms with E-state index in [1.165, 1.54) is 13.2 Å². The third-order valence-corrected chi connectivity index (χ3v) is 5.86. The number of hydrogen-bond acceptors (Lipinski definition) is 7. The fourth-order valence-corrected chi connectivity index (χ4v) is 3.92. The van der Waals surface area contributed by atoms with E-state index in [0.717, 1.165) is 16.8 Å². The average molecular weight is 484 g/mol. The average Bonchev–Trinajstić information content (AvgIpc) is 2.85. The summed E-state index contributed by atoms with van der Waals surface area (Å²) in [6.07, 6.45) is 0. The summed E-state index contributed by atoms with van der Waals surface area (Å²) in [6, 6.07) is 10.6. The normalized spacial score (nSPS) is 13.8. The van der Waals surface area contributed by atoms with Gasteiger partial charge in [-0.05, 0) is 50.1 Å². The number of rotatable bonds is 9. The number of amides is 2. The molecule has 2 amide bonds. The number of carbonyl (C=O) groups excluding carboxylic acids is 3. The summed E-state index contributed by atoms with van der Waals surface area (Å²) in [5.74, 6) is -0.00660. The number of hydrogen-bond donors (Lipinski definition) is 1. The minimum Gasteiger partial charge on any atom is -0.493 e. The van der Waals surface area contributed by atoms with Crippen molar-refractivity contribution < 1.29 is 28.6 Å². The minimum atomic E-state index is -0.610. The van der Waals surface area contributed by atoms with E-state index in [1.54, 1.807) is 17.0 Å². The first kappa shape index (κ1) is 26.0. The molecule has 1 heterocycles. The highest BCUT2D eigenvalue weighted by atomic mass is 16.5. The van der Waals surface area contributed by atoms with Gasteiger partial charge < -0.3 is 24.4 Å². The van der Waals surface area contributed by atoms with Gasteiger partial charge in [0.2, 0.25) is 5.91 Å². The molecule has 3 rings (SSSR count). The summed E-state index contributed by atoms with van der Waals surface area (Å²) in [6.45, 7) is 8.22. The van der Waals surface area contributed by atoms with E-state index in [-0.39, 0.29) is 30.5 Å². The number of nitrogens with one attached hydrogen (secondary N) is 1. The molecule has 1 aliphatic heterocycles. The first-order chi connectivity index (χ1) is 16.8. The number of esters is 1. The molecule has 35 heavy (non-hydrogen) atoms. The van der Waals surface area contributed by atoms with Gasteiger partial charge in [0.15, 0.2) is 18.1 Å². The Morgan fingerprint density at radius 2 is 1.66 bits per heavy atom. The van der Waals surface area contributed by atoms with Gasteiger partial charge in [-0.2, -0.15) is 0 Å². The minimum absolute atomic E-state index is 0.0816. The molecule has 0 atom stereocenters. The Morgan fingerprint density at radius 1 is 0.971 bits per heavy atom. The third-order valence-electron chi connectivity index (χ3n) is 5.86. The lowest BCUT2D eigenvalue weighted by atomic mass is 10.1. The third kappa shape index (κ3) is 6.95. The van der Waals surface area contributed by atoms with E-state index in [1.807, 2.05) is 43.9 Å². The number of anilines is 1. The predicted octanol–water partition coefficient (Wildman–Crippen LogP) is 2.65. The molecular weight excluding hydrogens is 450 g/mol. The fraction of sp³-hybridized carbons (Fsp3) is 0.423. The van der Waals surface area contributed by atoms with Gasteiger partial charge in [-0.1, -0.05) is 18.2 Å². The molecular formula is C26H33N3O6. The van der Waals surface area contributed by atoms with E-state index in [2.05, 4.69) is 5.32 Å². The van der Waals surface area contributed by atoms with Crippen LogP contribution in [0.4, 0.5) is 5.69 Å². The number of aryl methyl sites for hydroxylation is 2. The highest BCUT2D eigenvalue weighted by molar-refractivity contribution is 5.94. The van der Waals surface area contributed by atoms with Crippen molar-refractivity contribution in [2.45, 2.75) is 20.8 Å². The van der Waals surface area contributed by atoms with Crippen LogP contribution in [-0.4, -0.2) is 80.6 Å². The van der Waals surface area contributed by atoms with Crippen LogP contribution in [0.25, 0.3) is 0 Å². The summed E-state index contributed by atoms with van der Waals surface area (Å²) < 4.78 is 15.9. The lowest BCUT2D eigenvalue weighted by Gasteiger charge is -2.34. The second kappa shape index (κ2) is 12.2. The van der Waals surface area contributed by atoms with Crippen LogP contribution in [0.15, 0.2) is 36.4 Å². The number of piperazine rings is 1. The Morgan fingerprint density at radius 3 is 2.29 bits per heavy atom. The number of para-hydroxylation sites is 1. The highest BCUT2D eigenvalue weighted by Gasteiger charge is 2.24. The molecule has 1 N–H and O–H groups in total. The standard InChI is InChI=1S/C26H33N3O6/c1-5-34-21-10-9-20(15-22(21)33-4)26(32)35-17-24(31)29-13-11-28(12-14-29)16-23(30)27-25-18(2)7-6-8-19(25)3/h6-10,15H,5,11-14,16-17H2,1-4H3,(H,27,30). The zero-order valence-corrected chi connectivity index (χ0v) is 20.8. The van der Waals surface area contributed by atoms with Crippen LogP contribution in [0, 0.1) is 13.8 Å². The molecule has 1 saturated heterocycles. The molecule has 0 bridgehead atoms. The maximum atomic E-state index is 12.5. The van der Waals surface area contributed by atoms with Crippen molar-refractivity contribution in [2.75, 3.05) is 58.4 Å². The van der Waals surface area contributed by atoms with Gasteiger partial charge in [-0.3, -0.25) is 14.5 Å². The van der Waals surface area contributed by atoms with Crippen molar-refractivity contribution in [2.24, 2.45) is 0 Å². The van der Waals surface area contributed by atoms with E-state index < -0.39 is 5.97 Å². The molecule has 1 aliphatic rings. The molecule has 1 fully saturated rings. The molecule has 0 saturated carbocycles. The number of nitrogens with zero attached hydrogens (tertiary/aromatic N) is 2. The van der Waals surface area contributed by atoms with Crippen molar-refractivity contribution in [3.8, 4) is 11.5 Å². The summed E-state index contributed by atoms with van der Waals surface area (Å²) in [7, 11) is 1.49. The zero-order valence-electron chi connectivity index (χ0n) is 20.8. The van der Waals surface area contributed by atoms with Gasteiger partial charge in [0, 0.05) is 31.9 Å². The lowest BCUT2D eigenvalue weighted by Crippen LogP contribution is -2.51.